The van der Waals surface area contributed by atoms with Crippen LogP contribution in [0.1, 0.15) is 17.5 Å². The number of nitrogens with one attached hydrogen (secondary N) is 1. The number of amides is 1. The van der Waals surface area contributed by atoms with Crippen molar-refractivity contribution >= 4 is 46.6 Å². The highest BCUT2D eigenvalue weighted by Gasteiger charge is 2.32. The van der Waals surface area contributed by atoms with Crippen molar-refractivity contribution in [2.45, 2.75) is 18.3 Å². The fraction of sp³-hybridized carbons (Fsp3) is 0.200. The van der Waals surface area contributed by atoms with Gasteiger partial charge in [-0.1, -0.05) is 35.5 Å². The van der Waals surface area contributed by atoms with E-state index in [4.69, 9.17) is 26.2 Å². The lowest BCUT2D eigenvalue weighted by Gasteiger charge is -2.11. The molecule has 0 radical (unpaired) electrons. The highest BCUT2D eigenvalue weighted by molar-refractivity contribution is 8.15. The number of aliphatic carboxylic acids is 1. The summed E-state index contributed by atoms with van der Waals surface area (Å²) in [5.74, 6) is -0.324. The zero-order valence-corrected chi connectivity index (χ0v) is 17.4. The van der Waals surface area contributed by atoms with Crippen molar-refractivity contribution in [2.24, 2.45) is 10.2 Å². The summed E-state index contributed by atoms with van der Waals surface area (Å²) in [5.41, 5.74) is 1.69. The first kappa shape index (κ1) is 21.7. The van der Waals surface area contributed by atoms with Crippen LogP contribution >= 0.6 is 23.4 Å². The number of carboxylic acid groups (broad SMARTS) is 1. The van der Waals surface area contributed by atoms with Crippen LogP contribution in [0.2, 0.25) is 5.02 Å². The first-order chi connectivity index (χ1) is 14.4. The van der Waals surface area contributed by atoms with Crippen molar-refractivity contribution in [1.29, 1.82) is 0 Å². The van der Waals surface area contributed by atoms with Gasteiger partial charge in [0.05, 0.1) is 19.7 Å². The van der Waals surface area contributed by atoms with E-state index >= 15 is 0 Å². The molecular weight excluding hydrogens is 430 g/mol. The number of nitrogens with zero attached hydrogens (tertiary/aromatic N) is 2. The summed E-state index contributed by atoms with van der Waals surface area (Å²) < 4.78 is 11.2. The van der Waals surface area contributed by atoms with Crippen molar-refractivity contribution in [3.8, 4) is 11.5 Å². The van der Waals surface area contributed by atoms with Crippen molar-refractivity contribution in [1.82, 2.24) is 5.32 Å². The lowest BCUT2D eigenvalue weighted by Crippen LogP contribution is -2.26. The summed E-state index contributed by atoms with van der Waals surface area (Å²) in [6.07, 6.45) is 1.23. The van der Waals surface area contributed by atoms with Crippen LogP contribution in [0.3, 0.4) is 0 Å². The maximum atomic E-state index is 11.7. The molecule has 8 nitrogen and oxygen atoms in total. The lowest BCUT2D eigenvalue weighted by molar-refractivity contribution is -0.138. The maximum Gasteiger partial charge on any atom is 0.305 e. The van der Waals surface area contributed by atoms with Crippen LogP contribution < -0.4 is 14.8 Å². The number of rotatable bonds is 8. The molecule has 1 amide bonds. The molecule has 30 heavy (non-hydrogen) atoms. The number of hydrogen-bond acceptors (Lipinski definition) is 7. The van der Waals surface area contributed by atoms with E-state index in [0.717, 1.165) is 17.3 Å². The van der Waals surface area contributed by atoms with Crippen LogP contribution in [0, 0.1) is 0 Å². The number of carbonyl (C=O) groups is 2. The number of thioether (sulfide) groups is 1. The second kappa shape index (κ2) is 10.1. The fourth-order valence-corrected chi connectivity index (χ4v) is 3.56. The van der Waals surface area contributed by atoms with Crippen molar-refractivity contribution in [3.05, 3.63) is 58.6 Å². The van der Waals surface area contributed by atoms with Gasteiger partial charge in [-0.15, -0.1) is 5.10 Å². The van der Waals surface area contributed by atoms with Crippen LogP contribution in [0.15, 0.2) is 52.7 Å². The van der Waals surface area contributed by atoms with Gasteiger partial charge < -0.3 is 19.9 Å². The average Bonchev–Trinajstić information content (AvgIpc) is 3.06. The number of hydrogen-bond donors (Lipinski definition) is 2. The highest BCUT2D eigenvalue weighted by Crippen LogP contribution is 2.28. The van der Waals surface area contributed by atoms with Crippen LogP contribution in [0.25, 0.3) is 0 Å². The summed E-state index contributed by atoms with van der Waals surface area (Å²) in [6.45, 7) is 0.364. The van der Waals surface area contributed by atoms with E-state index < -0.39 is 11.2 Å². The van der Waals surface area contributed by atoms with Crippen LogP contribution in [0.4, 0.5) is 0 Å². The Morgan fingerprint density at radius 3 is 2.73 bits per heavy atom. The van der Waals surface area contributed by atoms with Gasteiger partial charge in [-0.2, -0.15) is 5.10 Å². The summed E-state index contributed by atoms with van der Waals surface area (Å²) in [6, 6.07) is 12.7. The van der Waals surface area contributed by atoms with E-state index in [2.05, 4.69) is 15.5 Å². The molecule has 1 fully saturated rings. The Kier molecular flexibility index (Phi) is 7.31. The summed E-state index contributed by atoms with van der Waals surface area (Å²) in [5, 5.41) is 19.4. The number of carbonyl (C=O) groups excluding carboxylic acids is 1. The molecule has 0 saturated carbocycles. The van der Waals surface area contributed by atoms with Gasteiger partial charge in [-0.25, -0.2) is 0 Å². The monoisotopic (exact) mass is 447 g/mol. The second-order valence-electron chi connectivity index (χ2n) is 6.17. The number of halogens is 1. The summed E-state index contributed by atoms with van der Waals surface area (Å²) in [7, 11) is 1.54. The standard InChI is InChI=1S/C20H18ClN3O5S/c1-28-16-8-13(4-7-15(16)29-11-12-2-5-14(21)6-3-12)10-22-24-20-23-19(27)17(30-20)9-18(25)26/h2-8,10,17H,9,11H2,1H3,(H,25,26)(H,23,24,27)/b22-10-/t17-/m1/s1. The number of benzene rings is 2. The number of methoxy groups -OCH3 is 1. The van der Waals surface area contributed by atoms with Gasteiger partial charge >= 0.3 is 5.97 Å². The zero-order valence-electron chi connectivity index (χ0n) is 15.9. The molecule has 0 aromatic heterocycles. The molecule has 2 N–H and O–H groups in total. The molecule has 0 spiro atoms. The van der Waals surface area contributed by atoms with Gasteiger partial charge in [0.25, 0.3) is 0 Å². The first-order valence-corrected chi connectivity index (χ1v) is 10.1. The molecule has 0 unspecified atom stereocenters. The molecule has 1 aliphatic rings. The van der Waals surface area contributed by atoms with Crippen molar-refractivity contribution < 1.29 is 24.2 Å². The predicted octanol–water partition coefficient (Wildman–Crippen LogP) is 3.32. The predicted molar refractivity (Wildman–Crippen MR) is 116 cm³/mol. The molecule has 10 heteroatoms. The van der Waals surface area contributed by atoms with Gasteiger partial charge in [0.15, 0.2) is 16.7 Å². The third kappa shape index (κ3) is 5.98. The molecule has 156 valence electrons. The minimum atomic E-state index is -1.04. The van der Waals surface area contributed by atoms with Gasteiger partial charge in [0, 0.05) is 5.02 Å². The Labute approximate surface area is 181 Å². The molecule has 1 saturated heterocycles. The molecule has 1 atom stereocenters. The highest BCUT2D eigenvalue weighted by atomic mass is 35.5. The third-order valence-corrected chi connectivity index (χ3v) is 5.31. The van der Waals surface area contributed by atoms with Crippen LogP contribution in [-0.2, 0) is 16.2 Å². The van der Waals surface area contributed by atoms with E-state index in [1.54, 1.807) is 37.4 Å². The van der Waals surface area contributed by atoms with Crippen molar-refractivity contribution in [2.75, 3.05) is 7.11 Å². The zero-order chi connectivity index (χ0) is 21.5. The maximum absolute atomic E-state index is 11.7. The van der Waals surface area contributed by atoms with E-state index in [1.165, 1.54) is 6.21 Å². The Morgan fingerprint density at radius 1 is 1.27 bits per heavy atom. The van der Waals surface area contributed by atoms with E-state index in [-0.39, 0.29) is 17.5 Å². The topological polar surface area (TPSA) is 110 Å². The molecular formula is C20H18ClN3O5S. The first-order valence-electron chi connectivity index (χ1n) is 8.80. The normalized spacial score (nSPS) is 17.3. The number of amidine groups is 1. The van der Waals surface area contributed by atoms with E-state index in [1.807, 2.05) is 12.1 Å². The molecule has 2 aromatic carbocycles. The minimum absolute atomic E-state index is 0.261. The van der Waals surface area contributed by atoms with E-state index in [9.17, 15) is 9.59 Å². The Morgan fingerprint density at radius 2 is 2.03 bits per heavy atom. The second-order valence-corrected chi connectivity index (χ2v) is 7.80. The SMILES string of the molecule is COc1cc(/C=N\N=C2NC(=O)[C@@H](CC(=O)O)S2)ccc1OCc1ccc(Cl)cc1. The molecule has 2 aromatic rings. The Balaban J connectivity index is 1.62. The van der Waals surface area contributed by atoms with Gasteiger partial charge in [-0.3, -0.25) is 9.59 Å². The van der Waals surface area contributed by atoms with Gasteiger partial charge in [0.2, 0.25) is 5.91 Å². The Bertz CT molecular complexity index is 994. The quantitative estimate of drug-likeness (QED) is 0.474. The van der Waals surface area contributed by atoms with Gasteiger partial charge in [0.1, 0.15) is 11.9 Å². The Hall–Kier alpha value is -3.04. The molecule has 0 aliphatic carbocycles. The molecule has 0 bridgehead atoms. The minimum Gasteiger partial charge on any atom is -0.493 e. The van der Waals surface area contributed by atoms with E-state index in [0.29, 0.717) is 28.7 Å². The number of ether oxygens (including phenoxy) is 2. The summed E-state index contributed by atoms with van der Waals surface area (Å²) in [4.78, 5) is 22.4. The molecule has 3 rings (SSSR count). The van der Waals surface area contributed by atoms with Crippen molar-refractivity contribution in [3.63, 3.8) is 0 Å². The van der Waals surface area contributed by atoms with Crippen LogP contribution in [-0.4, -0.2) is 40.7 Å². The lowest BCUT2D eigenvalue weighted by atomic mass is 10.2. The third-order valence-electron chi connectivity index (χ3n) is 3.99. The van der Waals surface area contributed by atoms with Gasteiger partial charge in [-0.05, 0) is 41.5 Å². The van der Waals surface area contributed by atoms with Crippen LogP contribution in [0.5, 0.6) is 11.5 Å². The fourth-order valence-electron chi connectivity index (χ4n) is 2.52. The average molecular weight is 448 g/mol. The summed E-state index contributed by atoms with van der Waals surface area (Å²) >= 11 is 6.92. The number of carboxylic acids is 1. The smallest absolute Gasteiger partial charge is 0.305 e. The molecule has 1 heterocycles. The molecule has 1 aliphatic heterocycles. The largest absolute Gasteiger partial charge is 0.493 e.